The van der Waals surface area contributed by atoms with E-state index in [4.69, 9.17) is 12.2 Å². The Bertz CT molecular complexity index is 415. The van der Waals surface area contributed by atoms with E-state index < -0.39 is 16.7 Å². The second kappa shape index (κ2) is 11.2. The highest BCUT2D eigenvalue weighted by atomic mass is 32.2. The summed E-state index contributed by atoms with van der Waals surface area (Å²) in [6.45, 7) is 2.23. The number of carbonyl (C=O) groups is 2. The van der Waals surface area contributed by atoms with Crippen LogP contribution in [0.15, 0.2) is 0 Å². The van der Waals surface area contributed by atoms with Crippen LogP contribution in [0.3, 0.4) is 0 Å². The zero-order valence-electron chi connectivity index (χ0n) is 14.1. The average Bonchev–Trinajstić information content (AvgIpc) is 2.73. The standard InChI is InChI=1S/C17H29NO3S2/c1-2-3-4-5-6-7-8-9-10-11-12-15(22)23-17(21)13-14(19)18-16(17)20/h21H,2-13H2,1H3,(H,18,19,20). The molecule has 1 unspecified atom stereocenters. The molecule has 0 aromatic rings. The number of thioether (sulfide) groups is 1. The van der Waals surface area contributed by atoms with Crippen molar-refractivity contribution in [3.63, 3.8) is 0 Å². The van der Waals surface area contributed by atoms with Crippen molar-refractivity contribution >= 4 is 40.0 Å². The van der Waals surface area contributed by atoms with Gasteiger partial charge in [-0.1, -0.05) is 88.7 Å². The predicted molar refractivity (Wildman–Crippen MR) is 99.4 cm³/mol. The van der Waals surface area contributed by atoms with E-state index in [1.165, 1.54) is 51.4 Å². The van der Waals surface area contributed by atoms with Gasteiger partial charge in [-0.3, -0.25) is 14.9 Å². The summed E-state index contributed by atoms with van der Waals surface area (Å²) >= 11 is 6.18. The molecular weight excluding hydrogens is 330 g/mol. The van der Waals surface area contributed by atoms with Gasteiger partial charge in [-0.2, -0.15) is 0 Å². The van der Waals surface area contributed by atoms with Crippen molar-refractivity contribution in [1.82, 2.24) is 5.32 Å². The normalized spacial score (nSPS) is 20.8. The molecule has 1 aliphatic rings. The fourth-order valence-corrected chi connectivity index (χ4v) is 4.17. The van der Waals surface area contributed by atoms with Gasteiger partial charge < -0.3 is 5.11 Å². The van der Waals surface area contributed by atoms with Crippen LogP contribution in [0.4, 0.5) is 0 Å². The number of unbranched alkanes of at least 4 members (excludes halogenated alkanes) is 9. The molecule has 23 heavy (non-hydrogen) atoms. The first-order valence-corrected chi connectivity index (χ1v) is 9.99. The third-order valence-corrected chi connectivity index (χ3v) is 5.58. The molecule has 0 bridgehead atoms. The molecule has 1 saturated heterocycles. The highest BCUT2D eigenvalue weighted by Gasteiger charge is 2.46. The maximum atomic E-state index is 11.5. The topological polar surface area (TPSA) is 66.4 Å². The molecule has 1 fully saturated rings. The van der Waals surface area contributed by atoms with Crippen LogP contribution in [0, 0.1) is 0 Å². The monoisotopic (exact) mass is 359 g/mol. The fraction of sp³-hybridized carbons (Fsp3) is 0.824. The molecule has 0 aromatic carbocycles. The minimum atomic E-state index is -1.69. The van der Waals surface area contributed by atoms with Gasteiger partial charge in [0, 0.05) is 0 Å². The van der Waals surface area contributed by atoms with E-state index in [2.05, 4.69) is 12.2 Å². The van der Waals surface area contributed by atoms with Crippen LogP contribution < -0.4 is 5.32 Å². The molecular formula is C17H29NO3S2. The Labute approximate surface area is 149 Å². The summed E-state index contributed by atoms with van der Waals surface area (Å²) < 4.78 is 0.608. The Morgan fingerprint density at radius 2 is 1.61 bits per heavy atom. The lowest BCUT2D eigenvalue weighted by Gasteiger charge is -2.17. The minimum Gasteiger partial charge on any atom is -0.370 e. The Balaban J connectivity index is 2.00. The van der Waals surface area contributed by atoms with Gasteiger partial charge in [-0.05, 0) is 12.8 Å². The van der Waals surface area contributed by atoms with E-state index in [0.29, 0.717) is 10.6 Å². The molecule has 1 aliphatic heterocycles. The average molecular weight is 360 g/mol. The van der Waals surface area contributed by atoms with Crippen LogP contribution >= 0.6 is 24.0 Å². The molecule has 4 nitrogen and oxygen atoms in total. The molecule has 1 heterocycles. The summed E-state index contributed by atoms with van der Waals surface area (Å²) in [5, 5.41) is 12.2. The number of aliphatic hydroxyl groups is 1. The number of rotatable bonds is 12. The zero-order chi connectivity index (χ0) is 17.1. The van der Waals surface area contributed by atoms with Crippen LogP contribution in [-0.4, -0.2) is 26.1 Å². The van der Waals surface area contributed by atoms with Crippen molar-refractivity contribution in [2.24, 2.45) is 0 Å². The summed E-state index contributed by atoms with van der Waals surface area (Å²) in [7, 11) is 0. The Kier molecular flexibility index (Phi) is 9.99. The Morgan fingerprint density at radius 3 is 2.09 bits per heavy atom. The van der Waals surface area contributed by atoms with Gasteiger partial charge >= 0.3 is 0 Å². The van der Waals surface area contributed by atoms with Crippen LogP contribution in [0.5, 0.6) is 0 Å². The highest BCUT2D eigenvalue weighted by molar-refractivity contribution is 8.24. The van der Waals surface area contributed by atoms with Crippen molar-refractivity contribution < 1.29 is 14.7 Å². The predicted octanol–water partition coefficient (Wildman–Crippen LogP) is 4.09. The van der Waals surface area contributed by atoms with Crippen LogP contribution in [-0.2, 0) is 9.59 Å². The SMILES string of the molecule is CCCCCCCCCCCCC(=S)SC1(O)CC(=O)NC1=O. The first-order chi connectivity index (χ1) is 11.0. The number of thiocarbonyl (C=S) groups is 1. The lowest BCUT2D eigenvalue weighted by atomic mass is 10.1. The van der Waals surface area contributed by atoms with E-state index in [0.717, 1.165) is 24.6 Å². The molecule has 2 N–H and O–H groups in total. The van der Waals surface area contributed by atoms with Crippen molar-refractivity contribution in [1.29, 1.82) is 0 Å². The molecule has 1 rings (SSSR count). The van der Waals surface area contributed by atoms with Gasteiger partial charge in [0.1, 0.15) is 0 Å². The Morgan fingerprint density at radius 1 is 1.09 bits per heavy atom. The van der Waals surface area contributed by atoms with Crippen molar-refractivity contribution in [3.05, 3.63) is 0 Å². The Hall–Kier alpha value is -0.460. The largest absolute Gasteiger partial charge is 0.370 e. The van der Waals surface area contributed by atoms with Crippen LogP contribution in [0.2, 0.25) is 0 Å². The van der Waals surface area contributed by atoms with Gasteiger partial charge in [0.15, 0.2) is 0 Å². The maximum Gasteiger partial charge on any atom is 0.270 e. The summed E-state index contributed by atoms with van der Waals surface area (Å²) in [5.41, 5.74) is 0. The maximum absolute atomic E-state index is 11.5. The van der Waals surface area contributed by atoms with E-state index >= 15 is 0 Å². The number of amides is 2. The van der Waals surface area contributed by atoms with Gasteiger partial charge in [0.05, 0.1) is 10.6 Å². The number of carbonyl (C=O) groups excluding carboxylic acids is 2. The zero-order valence-corrected chi connectivity index (χ0v) is 15.7. The molecule has 0 aliphatic carbocycles. The van der Waals surface area contributed by atoms with Gasteiger partial charge in [-0.25, -0.2) is 0 Å². The van der Waals surface area contributed by atoms with Gasteiger partial charge in [0.2, 0.25) is 10.8 Å². The molecule has 0 saturated carbocycles. The number of hydrogen-bond acceptors (Lipinski definition) is 5. The minimum absolute atomic E-state index is 0.200. The van der Waals surface area contributed by atoms with Crippen molar-refractivity contribution in [2.45, 2.75) is 88.9 Å². The van der Waals surface area contributed by atoms with E-state index in [-0.39, 0.29) is 6.42 Å². The van der Waals surface area contributed by atoms with E-state index in [9.17, 15) is 14.7 Å². The second-order valence-corrected chi connectivity index (χ2v) is 8.37. The van der Waals surface area contributed by atoms with E-state index in [1.54, 1.807) is 0 Å². The van der Waals surface area contributed by atoms with E-state index in [1.807, 2.05) is 0 Å². The first-order valence-electron chi connectivity index (χ1n) is 8.76. The first kappa shape index (κ1) is 20.6. The summed E-state index contributed by atoms with van der Waals surface area (Å²) in [5.74, 6) is -1.08. The molecule has 132 valence electrons. The van der Waals surface area contributed by atoms with Gasteiger partial charge in [-0.15, -0.1) is 0 Å². The molecule has 1 atom stereocenters. The van der Waals surface area contributed by atoms with Crippen LogP contribution in [0.25, 0.3) is 0 Å². The molecule has 0 spiro atoms. The molecule has 2 amide bonds. The third kappa shape index (κ3) is 8.27. The lowest BCUT2D eigenvalue weighted by molar-refractivity contribution is -0.129. The quantitative estimate of drug-likeness (QED) is 0.238. The summed E-state index contributed by atoms with van der Waals surface area (Å²) in [4.78, 5) is 21.0. The lowest BCUT2D eigenvalue weighted by Crippen LogP contribution is -2.35. The molecule has 0 aromatic heterocycles. The number of imide groups is 1. The fourth-order valence-electron chi connectivity index (χ4n) is 2.64. The smallest absolute Gasteiger partial charge is 0.270 e. The van der Waals surface area contributed by atoms with Crippen molar-refractivity contribution in [2.75, 3.05) is 0 Å². The van der Waals surface area contributed by atoms with Crippen molar-refractivity contribution in [3.8, 4) is 0 Å². The number of nitrogens with one attached hydrogen (secondary N) is 1. The molecule has 6 heteroatoms. The highest BCUT2D eigenvalue weighted by Crippen LogP contribution is 2.33. The van der Waals surface area contributed by atoms with Crippen LogP contribution in [0.1, 0.15) is 84.0 Å². The summed E-state index contributed by atoms with van der Waals surface area (Å²) in [6.07, 6.45) is 13.1. The van der Waals surface area contributed by atoms with Gasteiger partial charge in [0.25, 0.3) is 5.91 Å². The summed E-state index contributed by atoms with van der Waals surface area (Å²) in [6, 6.07) is 0. The number of hydrogen-bond donors (Lipinski definition) is 2. The second-order valence-electron chi connectivity index (χ2n) is 6.24. The third-order valence-electron chi connectivity index (χ3n) is 4.03. The molecule has 0 radical (unpaired) electrons.